The van der Waals surface area contributed by atoms with Crippen LogP contribution in [0.1, 0.15) is 0 Å². The largest absolute Gasteiger partial charge is 0.394 e. The number of amides is 2. The fourth-order valence-electron chi connectivity index (χ4n) is 0.799. The van der Waals surface area contributed by atoms with Crippen molar-refractivity contribution in [1.29, 1.82) is 0 Å². The van der Waals surface area contributed by atoms with Crippen LogP contribution in [0.4, 0.5) is 4.79 Å². The van der Waals surface area contributed by atoms with E-state index < -0.39 is 0 Å². The van der Waals surface area contributed by atoms with Gasteiger partial charge in [0, 0.05) is 13.1 Å². The summed E-state index contributed by atoms with van der Waals surface area (Å²) in [6, 6.07) is -0.245. The minimum Gasteiger partial charge on any atom is -0.394 e. The van der Waals surface area contributed by atoms with Crippen LogP contribution in [-0.2, 0) is 9.47 Å². The Labute approximate surface area is 89.9 Å². The van der Waals surface area contributed by atoms with Crippen molar-refractivity contribution < 1.29 is 19.4 Å². The SMILES string of the molecule is [CH2]CNC(=O)NCCOCCOCCO. The highest BCUT2D eigenvalue weighted by Crippen LogP contribution is 1.77. The van der Waals surface area contributed by atoms with E-state index in [0.29, 0.717) is 39.5 Å². The Kier molecular flexibility index (Phi) is 10.6. The first-order chi connectivity index (χ1) is 7.31. The van der Waals surface area contributed by atoms with Crippen LogP contribution in [-0.4, -0.2) is 57.3 Å². The van der Waals surface area contributed by atoms with E-state index in [0.717, 1.165) is 0 Å². The molecule has 0 aliphatic rings. The lowest BCUT2D eigenvalue weighted by Gasteiger charge is -2.06. The molecule has 0 atom stereocenters. The molecule has 1 radical (unpaired) electrons. The molecule has 0 rings (SSSR count). The highest BCUT2D eigenvalue weighted by atomic mass is 16.5. The quantitative estimate of drug-likeness (QED) is 0.441. The molecule has 0 aromatic heterocycles. The van der Waals surface area contributed by atoms with E-state index in [1.807, 2.05) is 0 Å². The zero-order chi connectivity index (χ0) is 11.4. The van der Waals surface area contributed by atoms with E-state index in [1.165, 1.54) is 0 Å². The summed E-state index contributed by atoms with van der Waals surface area (Å²) in [5.41, 5.74) is 0. The molecule has 0 heterocycles. The third-order valence-corrected chi connectivity index (χ3v) is 1.43. The van der Waals surface area contributed by atoms with E-state index in [9.17, 15) is 4.79 Å². The Morgan fingerprint density at radius 1 is 1.13 bits per heavy atom. The maximum atomic E-state index is 10.8. The lowest BCUT2D eigenvalue weighted by molar-refractivity contribution is 0.0344. The summed E-state index contributed by atoms with van der Waals surface area (Å²) in [7, 11) is 0. The van der Waals surface area contributed by atoms with Crippen molar-refractivity contribution in [3.8, 4) is 0 Å². The van der Waals surface area contributed by atoms with Gasteiger partial charge in [0.15, 0.2) is 0 Å². The first-order valence-corrected chi connectivity index (χ1v) is 4.88. The normalized spacial score (nSPS) is 10.0. The fourth-order valence-corrected chi connectivity index (χ4v) is 0.799. The monoisotopic (exact) mass is 219 g/mol. The lowest BCUT2D eigenvalue weighted by Crippen LogP contribution is -2.37. The van der Waals surface area contributed by atoms with Gasteiger partial charge in [-0.15, -0.1) is 0 Å². The van der Waals surface area contributed by atoms with Crippen molar-refractivity contribution in [3.05, 3.63) is 6.92 Å². The Balaban J connectivity index is 3.01. The molecular weight excluding hydrogens is 200 g/mol. The predicted molar refractivity (Wildman–Crippen MR) is 55.5 cm³/mol. The van der Waals surface area contributed by atoms with Crippen LogP contribution in [0.3, 0.4) is 0 Å². The highest BCUT2D eigenvalue weighted by molar-refractivity contribution is 5.73. The van der Waals surface area contributed by atoms with E-state index in [4.69, 9.17) is 14.6 Å². The fraction of sp³-hybridized carbons (Fsp3) is 0.778. The molecule has 0 spiro atoms. The number of aliphatic hydroxyl groups excluding tert-OH is 1. The number of ether oxygens (including phenoxy) is 2. The van der Waals surface area contributed by atoms with Gasteiger partial charge in [0.25, 0.3) is 0 Å². The molecule has 0 fully saturated rings. The van der Waals surface area contributed by atoms with Crippen LogP contribution in [0.25, 0.3) is 0 Å². The van der Waals surface area contributed by atoms with Crippen LogP contribution in [0, 0.1) is 6.92 Å². The molecule has 6 nitrogen and oxygen atoms in total. The van der Waals surface area contributed by atoms with Gasteiger partial charge in [-0.05, 0) is 6.92 Å². The number of hydrogen-bond donors (Lipinski definition) is 3. The number of aliphatic hydroxyl groups is 1. The smallest absolute Gasteiger partial charge is 0.314 e. The Bertz CT molecular complexity index is 155. The second-order valence-electron chi connectivity index (χ2n) is 2.63. The molecular formula is C9H19N2O4. The number of carbonyl (C=O) groups is 1. The summed E-state index contributed by atoms with van der Waals surface area (Å²) >= 11 is 0. The lowest BCUT2D eigenvalue weighted by atomic mass is 10.6. The van der Waals surface area contributed by atoms with Crippen molar-refractivity contribution in [2.75, 3.05) is 46.1 Å². The molecule has 0 aliphatic carbocycles. The van der Waals surface area contributed by atoms with Crippen molar-refractivity contribution >= 4 is 6.03 Å². The molecule has 0 aliphatic heterocycles. The second-order valence-corrected chi connectivity index (χ2v) is 2.63. The summed E-state index contributed by atoms with van der Waals surface area (Å²) in [5, 5.41) is 13.5. The van der Waals surface area contributed by atoms with Gasteiger partial charge in [-0.3, -0.25) is 0 Å². The molecule has 0 aromatic rings. The molecule has 3 N–H and O–H groups in total. The number of nitrogens with one attached hydrogen (secondary N) is 2. The van der Waals surface area contributed by atoms with Gasteiger partial charge >= 0.3 is 6.03 Å². The maximum Gasteiger partial charge on any atom is 0.314 e. The van der Waals surface area contributed by atoms with Crippen LogP contribution in [0.5, 0.6) is 0 Å². The number of hydrogen-bond acceptors (Lipinski definition) is 4. The molecule has 0 unspecified atom stereocenters. The summed E-state index contributed by atoms with van der Waals surface area (Å²) in [4.78, 5) is 10.8. The van der Waals surface area contributed by atoms with E-state index in [2.05, 4.69) is 17.6 Å². The molecule has 0 bridgehead atoms. The summed E-state index contributed by atoms with van der Waals surface area (Å²) in [6.45, 7) is 5.98. The first kappa shape index (κ1) is 14.2. The number of carbonyl (C=O) groups excluding carboxylic acids is 1. The Morgan fingerprint density at radius 3 is 2.40 bits per heavy atom. The zero-order valence-electron chi connectivity index (χ0n) is 8.83. The average molecular weight is 219 g/mol. The van der Waals surface area contributed by atoms with Gasteiger partial charge in [0.05, 0.1) is 33.0 Å². The number of urea groups is 1. The van der Waals surface area contributed by atoms with Crippen LogP contribution in [0.2, 0.25) is 0 Å². The van der Waals surface area contributed by atoms with Crippen LogP contribution >= 0.6 is 0 Å². The molecule has 2 amide bonds. The highest BCUT2D eigenvalue weighted by Gasteiger charge is 1.95. The van der Waals surface area contributed by atoms with Crippen molar-refractivity contribution in [2.45, 2.75) is 0 Å². The van der Waals surface area contributed by atoms with Crippen molar-refractivity contribution in [1.82, 2.24) is 10.6 Å². The van der Waals surface area contributed by atoms with Gasteiger partial charge in [-0.1, -0.05) is 0 Å². The predicted octanol–water partition coefficient (Wildman–Crippen LogP) is -0.855. The minimum atomic E-state index is -0.245. The van der Waals surface area contributed by atoms with Crippen molar-refractivity contribution in [2.24, 2.45) is 0 Å². The maximum absolute atomic E-state index is 10.8. The minimum absolute atomic E-state index is 0.0206. The Morgan fingerprint density at radius 2 is 1.80 bits per heavy atom. The summed E-state index contributed by atoms with van der Waals surface area (Å²) in [6.07, 6.45) is 0. The van der Waals surface area contributed by atoms with Gasteiger partial charge in [-0.25, -0.2) is 4.79 Å². The molecule has 0 saturated carbocycles. The molecule has 0 aromatic carbocycles. The molecule has 6 heteroatoms. The molecule has 15 heavy (non-hydrogen) atoms. The molecule has 0 saturated heterocycles. The van der Waals surface area contributed by atoms with E-state index in [1.54, 1.807) is 0 Å². The third-order valence-electron chi connectivity index (χ3n) is 1.43. The third kappa shape index (κ3) is 11.1. The van der Waals surface area contributed by atoms with Gasteiger partial charge in [-0.2, -0.15) is 0 Å². The zero-order valence-corrected chi connectivity index (χ0v) is 8.83. The van der Waals surface area contributed by atoms with Crippen LogP contribution in [0.15, 0.2) is 0 Å². The van der Waals surface area contributed by atoms with Crippen molar-refractivity contribution in [3.63, 3.8) is 0 Å². The molecule has 89 valence electrons. The van der Waals surface area contributed by atoms with E-state index in [-0.39, 0.29) is 12.6 Å². The van der Waals surface area contributed by atoms with Gasteiger partial charge in [0.2, 0.25) is 0 Å². The number of rotatable bonds is 9. The van der Waals surface area contributed by atoms with Gasteiger partial charge < -0.3 is 25.2 Å². The van der Waals surface area contributed by atoms with E-state index >= 15 is 0 Å². The average Bonchev–Trinajstić information content (AvgIpc) is 2.22. The topological polar surface area (TPSA) is 79.8 Å². The van der Waals surface area contributed by atoms with Crippen LogP contribution < -0.4 is 10.6 Å². The summed E-state index contributed by atoms with van der Waals surface area (Å²) < 4.78 is 10.1. The second kappa shape index (κ2) is 11.2. The standard InChI is InChI=1S/C9H19N2O4/c1-2-10-9(13)11-3-5-14-7-8-15-6-4-12/h12H,1-8H2,(H2,10,11,13). The van der Waals surface area contributed by atoms with Gasteiger partial charge in [0.1, 0.15) is 0 Å². The summed E-state index contributed by atoms with van der Waals surface area (Å²) in [5.74, 6) is 0. The first-order valence-electron chi connectivity index (χ1n) is 4.88. The Hall–Kier alpha value is -0.850.